The van der Waals surface area contributed by atoms with Crippen LogP contribution in [0.1, 0.15) is 21.6 Å². The lowest BCUT2D eigenvalue weighted by molar-refractivity contribution is -0.274. The molecule has 1 heterocycles. The number of ether oxygens (including phenoxy) is 1. The predicted molar refractivity (Wildman–Crippen MR) is 108 cm³/mol. The summed E-state index contributed by atoms with van der Waals surface area (Å²) in [6.07, 6.45) is -4.35. The van der Waals surface area contributed by atoms with E-state index >= 15 is 0 Å². The number of alkyl halides is 3. The number of thiazole rings is 1. The highest BCUT2D eigenvalue weighted by molar-refractivity contribution is 7.14. The molecule has 3 aromatic rings. The summed E-state index contributed by atoms with van der Waals surface area (Å²) in [6, 6.07) is 12.4. The lowest BCUT2D eigenvalue weighted by atomic mass is 10.1. The van der Waals surface area contributed by atoms with E-state index in [1.54, 1.807) is 35.7 Å². The number of aliphatic hydroxyl groups excluding tert-OH is 1. The molecule has 0 fully saturated rings. The van der Waals surface area contributed by atoms with Crippen molar-refractivity contribution in [2.45, 2.75) is 19.3 Å². The van der Waals surface area contributed by atoms with Gasteiger partial charge in [0.2, 0.25) is 0 Å². The van der Waals surface area contributed by atoms with Gasteiger partial charge in [-0.2, -0.15) is 0 Å². The highest BCUT2D eigenvalue weighted by atomic mass is 32.1. The lowest BCUT2D eigenvalue weighted by Crippen LogP contribution is -2.18. The Bertz CT molecular complexity index is 991. The first-order valence-electron chi connectivity index (χ1n) is 8.88. The first-order valence-corrected chi connectivity index (χ1v) is 9.76. The Morgan fingerprint density at radius 1 is 1.13 bits per heavy atom. The third-order valence-electron chi connectivity index (χ3n) is 3.95. The minimum absolute atomic E-state index is 0.0145. The number of nitrogens with one attached hydrogen (secondary N) is 2. The van der Waals surface area contributed by atoms with Crippen molar-refractivity contribution in [2.24, 2.45) is 0 Å². The second kappa shape index (κ2) is 9.59. The summed E-state index contributed by atoms with van der Waals surface area (Å²) in [4.78, 5) is 16.5. The molecular weight excluding hydrogens is 419 g/mol. The van der Waals surface area contributed by atoms with E-state index in [0.29, 0.717) is 22.8 Å². The van der Waals surface area contributed by atoms with E-state index in [2.05, 4.69) is 20.4 Å². The maximum atomic E-state index is 12.5. The summed E-state index contributed by atoms with van der Waals surface area (Å²) in [5, 5.41) is 16.7. The molecule has 3 rings (SSSR count). The fourth-order valence-electron chi connectivity index (χ4n) is 2.56. The van der Waals surface area contributed by atoms with Crippen molar-refractivity contribution >= 4 is 28.1 Å². The van der Waals surface area contributed by atoms with E-state index in [1.807, 2.05) is 0 Å². The molecule has 30 heavy (non-hydrogen) atoms. The largest absolute Gasteiger partial charge is 0.573 e. The van der Waals surface area contributed by atoms with Gasteiger partial charge in [0, 0.05) is 30.5 Å². The average Bonchev–Trinajstić information content (AvgIpc) is 3.14. The van der Waals surface area contributed by atoms with E-state index in [4.69, 9.17) is 5.11 Å². The van der Waals surface area contributed by atoms with Crippen molar-refractivity contribution in [1.82, 2.24) is 4.98 Å². The Balaban J connectivity index is 1.59. The number of amides is 1. The Hall–Kier alpha value is -3.11. The number of aromatic nitrogens is 1. The van der Waals surface area contributed by atoms with Crippen molar-refractivity contribution < 1.29 is 27.8 Å². The van der Waals surface area contributed by atoms with Crippen molar-refractivity contribution in [3.63, 3.8) is 0 Å². The molecule has 2 aromatic carbocycles. The summed E-state index contributed by atoms with van der Waals surface area (Å²) in [7, 11) is 0. The molecule has 158 valence electrons. The second-order valence-corrected chi connectivity index (χ2v) is 7.02. The SMILES string of the molecule is O=C(Nc1nc(CCO)cs1)c1ccc(CNc2ccccc2OC(F)(F)F)cc1. The summed E-state index contributed by atoms with van der Waals surface area (Å²) >= 11 is 1.27. The molecule has 1 amide bonds. The summed E-state index contributed by atoms with van der Waals surface area (Å²) in [5.74, 6) is -0.645. The molecule has 0 spiro atoms. The fraction of sp³-hybridized carbons (Fsp3) is 0.200. The monoisotopic (exact) mass is 437 g/mol. The quantitative estimate of drug-likeness (QED) is 0.485. The number of carbonyl (C=O) groups is 1. The maximum absolute atomic E-state index is 12.5. The zero-order valence-electron chi connectivity index (χ0n) is 15.6. The van der Waals surface area contributed by atoms with Gasteiger partial charge in [0.15, 0.2) is 10.9 Å². The Kier molecular flexibility index (Phi) is 6.91. The molecule has 10 heteroatoms. The van der Waals surface area contributed by atoms with Gasteiger partial charge in [-0.05, 0) is 29.8 Å². The van der Waals surface area contributed by atoms with Crippen LogP contribution in [0.25, 0.3) is 0 Å². The number of rotatable bonds is 8. The van der Waals surface area contributed by atoms with Crippen molar-refractivity contribution in [3.05, 3.63) is 70.7 Å². The van der Waals surface area contributed by atoms with Gasteiger partial charge < -0.3 is 15.2 Å². The number of benzene rings is 2. The lowest BCUT2D eigenvalue weighted by Gasteiger charge is -2.14. The number of anilines is 2. The van der Waals surface area contributed by atoms with E-state index in [1.165, 1.54) is 29.5 Å². The van der Waals surface area contributed by atoms with Crippen LogP contribution in [0.3, 0.4) is 0 Å². The molecule has 0 saturated heterocycles. The van der Waals surface area contributed by atoms with Crippen LogP contribution >= 0.6 is 11.3 Å². The fourth-order valence-corrected chi connectivity index (χ4v) is 3.30. The summed E-state index contributed by atoms with van der Waals surface area (Å²) in [5.41, 5.74) is 2.10. The molecule has 0 atom stereocenters. The average molecular weight is 437 g/mol. The van der Waals surface area contributed by atoms with Crippen LogP contribution in [-0.2, 0) is 13.0 Å². The summed E-state index contributed by atoms with van der Waals surface area (Å²) < 4.78 is 41.5. The highest BCUT2D eigenvalue weighted by Gasteiger charge is 2.32. The topological polar surface area (TPSA) is 83.5 Å². The standard InChI is InChI=1S/C20H18F3N3O3S/c21-20(22,23)29-17-4-2-1-3-16(17)24-11-13-5-7-14(8-6-13)18(28)26-19-25-15(9-10-27)12-30-19/h1-8,12,24,27H,9-11H2,(H,25,26,28). The van der Waals surface area contributed by atoms with Crippen molar-refractivity contribution in [2.75, 3.05) is 17.2 Å². The van der Waals surface area contributed by atoms with Gasteiger partial charge >= 0.3 is 6.36 Å². The van der Waals surface area contributed by atoms with Crippen molar-refractivity contribution in [3.8, 4) is 5.75 Å². The molecule has 0 saturated carbocycles. The molecule has 0 aliphatic heterocycles. The molecule has 1 aromatic heterocycles. The first kappa shape index (κ1) is 21.6. The van der Waals surface area contributed by atoms with E-state index < -0.39 is 6.36 Å². The van der Waals surface area contributed by atoms with Gasteiger partial charge in [0.05, 0.1) is 11.4 Å². The van der Waals surface area contributed by atoms with Gasteiger partial charge in [-0.3, -0.25) is 10.1 Å². The third-order valence-corrected chi connectivity index (χ3v) is 4.76. The summed E-state index contributed by atoms with van der Waals surface area (Å²) in [6.45, 7) is 0.233. The molecule has 0 unspecified atom stereocenters. The predicted octanol–water partition coefficient (Wildman–Crippen LogP) is 4.44. The molecule has 6 nitrogen and oxygen atoms in total. The Morgan fingerprint density at radius 3 is 2.57 bits per heavy atom. The second-order valence-electron chi connectivity index (χ2n) is 6.17. The zero-order chi connectivity index (χ0) is 21.6. The number of hydrogen-bond acceptors (Lipinski definition) is 6. The molecule has 0 radical (unpaired) electrons. The maximum Gasteiger partial charge on any atom is 0.573 e. The van der Waals surface area contributed by atoms with E-state index in [0.717, 1.165) is 5.56 Å². The van der Waals surface area contributed by atoms with E-state index in [-0.39, 0.29) is 30.5 Å². The van der Waals surface area contributed by atoms with Crippen LogP contribution in [0.5, 0.6) is 5.75 Å². The van der Waals surface area contributed by atoms with Gasteiger partial charge in [-0.1, -0.05) is 24.3 Å². The zero-order valence-corrected chi connectivity index (χ0v) is 16.4. The van der Waals surface area contributed by atoms with Crippen LogP contribution in [-0.4, -0.2) is 29.0 Å². The smallest absolute Gasteiger partial charge is 0.404 e. The number of halogens is 3. The Labute approximate surface area is 174 Å². The minimum atomic E-state index is -4.77. The molecular formula is C20H18F3N3O3S. The van der Waals surface area contributed by atoms with Crippen LogP contribution in [0.15, 0.2) is 53.9 Å². The number of nitrogens with zero attached hydrogens (tertiary/aromatic N) is 1. The van der Waals surface area contributed by atoms with E-state index in [9.17, 15) is 18.0 Å². The van der Waals surface area contributed by atoms with Crippen LogP contribution in [0, 0.1) is 0 Å². The molecule has 3 N–H and O–H groups in total. The van der Waals surface area contributed by atoms with Crippen molar-refractivity contribution in [1.29, 1.82) is 0 Å². The first-order chi connectivity index (χ1) is 14.3. The minimum Gasteiger partial charge on any atom is -0.404 e. The van der Waals surface area contributed by atoms with Gasteiger partial charge in [0.25, 0.3) is 5.91 Å². The number of para-hydroxylation sites is 2. The van der Waals surface area contributed by atoms with Crippen LogP contribution < -0.4 is 15.4 Å². The van der Waals surface area contributed by atoms with Gasteiger partial charge in [-0.25, -0.2) is 4.98 Å². The van der Waals surface area contributed by atoms with Gasteiger partial charge in [-0.15, -0.1) is 24.5 Å². The highest BCUT2D eigenvalue weighted by Crippen LogP contribution is 2.30. The Morgan fingerprint density at radius 2 is 1.87 bits per heavy atom. The third kappa shape index (κ3) is 6.19. The number of hydrogen-bond donors (Lipinski definition) is 3. The molecule has 0 aliphatic carbocycles. The number of carbonyl (C=O) groups excluding carboxylic acids is 1. The van der Waals surface area contributed by atoms with Gasteiger partial charge in [0.1, 0.15) is 0 Å². The molecule has 0 bridgehead atoms. The molecule has 0 aliphatic rings. The number of aliphatic hydroxyl groups is 1. The van der Waals surface area contributed by atoms with Crippen LogP contribution in [0.4, 0.5) is 24.0 Å². The normalized spacial score (nSPS) is 11.2. The van der Waals surface area contributed by atoms with Crippen LogP contribution in [0.2, 0.25) is 0 Å².